The topological polar surface area (TPSA) is 79.3 Å². The number of pyridine rings is 1. The van der Waals surface area contributed by atoms with Crippen LogP contribution in [-0.4, -0.2) is 18.5 Å². The van der Waals surface area contributed by atoms with Crippen molar-refractivity contribution < 1.29 is 13.5 Å². The van der Waals surface area contributed by atoms with Gasteiger partial charge in [-0.3, -0.25) is 4.72 Å². The second-order valence-corrected chi connectivity index (χ2v) is 7.14. The van der Waals surface area contributed by atoms with E-state index < -0.39 is 10.0 Å². The van der Waals surface area contributed by atoms with E-state index >= 15 is 0 Å². The fourth-order valence-corrected chi connectivity index (χ4v) is 3.64. The van der Waals surface area contributed by atoms with Gasteiger partial charge < -0.3 is 5.11 Å². The van der Waals surface area contributed by atoms with Crippen molar-refractivity contribution in [1.29, 1.82) is 0 Å². The lowest BCUT2D eigenvalue weighted by Gasteiger charge is -2.04. The number of nitrogens with zero attached hydrogens (tertiary/aromatic N) is 1. The van der Waals surface area contributed by atoms with E-state index in [1.54, 1.807) is 17.5 Å². The van der Waals surface area contributed by atoms with Gasteiger partial charge in [-0.05, 0) is 45.1 Å². The fraction of sp³-hybridized carbons (Fsp3) is 0.100. The first kappa shape index (κ1) is 13.5. The smallest absolute Gasteiger partial charge is 0.272 e. The minimum absolute atomic E-state index is 0.149. The normalized spacial score (nSPS) is 11.4. The number of aliphatic hydroxyl groups excluding tert-OH is 1. The van der Waals surface area contributed by atoms with Crippen molar-refractivity contribution in [2.45, 2.75) is 10.8 Å². The van der Waals surface area contributed by atoms with Crippen molar-refractivity contribution >= 4 is 43.1 Å². The quantitative estimate of drug-likeness (QED) is 0.887. The van der Waals surface area contributed by atoms with Gasteiger partial charge in [-0.1, -0.05) is 0 Å². The summed E-state index contributed by atoms with van der Waals surface area (Å²) in [6, 6.07) is 4.69. The number of sulfonamides is 1. The SMILES string of the molecule is O=S(=O)(Nc1ccc(Br)cn1)c1cc(CO)cs1. The maximum atomic E-state index is 12.0. The minimum Gasteiger partial charge on any atom is -0.392 e. The van der Waals surface area contributed by atoms with Crippen LogP contribution in [0.3, 0.4) is 0 Å². The van der Waals surface area contributed by atoms with Gasteiger partial charge in [0.25, 0.3) is 10.0 Å². The molecule has 0 atom stereocenters. The number of aliphatic hydroxyl groups is 1. The first-order valence-electron chi connectivity index (χ1n) is 4.84. The number of thiophene rings is 1. The molecule has 0 radical (unpaired) electrons. The molecule has 0 saturated heterocycles. The fourth-order valence-electron chi connectivity index (χ4n) is 1.20. The van der Waals surface area contributed by atoms with E-state index in [-0.39, 0.29) is 16.6 Å². The summed E-state index contributed by atoms with van der Waals surface area (Å²) >= 11 is 4.27. The summed E-state index contributed by atoms with van der Waals surface area (Å²) in [5.41, 5.74) is 0.573. The number of hydrogen-bond donors (Lipinski definition) is 2. The van der Waals surface area contributed by atoms with E-state index in [1.165, 1.54) is 12.3 Å². The first-order chi connectivity index (χ1) is 8.51. The van der Waals surface area contributed by atoms with Crippen LogP contribution in [0.4, 0.5) is 5.82 Å². The third-order valence-corrected chi connectivity index (χ3v) is 5.36. The molecule has 5 nitrogen and oxygen atoms in total. The van der Waals surface area contributed by atoms with Crippen LogP contribution in [0.1, 0.15) is 5.56 Å². The highest BCUT2D eigenvalue weighted by atomic mass is 79.9. The van der Waals surface area contributed by atoms with E-state index in [4.69, 9.17) is 5.11 Å². The van der Waals surface area contributed by atoms with Crippen LogP contribution >= 0.6 is 27.3 Å². The number of hydrogen-bond acceptors (Lipinski definition) is 5. The Morgan fingerprint density at radius 2 is 2.22 bits per heavy atom. The Bertz CT molecular complexity index is 637. The number of anilines is 1. The summed E-state index contributed by atoms with van der Waals surface area (Å²) < 4.78 is 27.2. The van der Waals surface area contributed by atoms with Crippen molar-refractivity contribution in [3.05, 3.63) is 39.8 Å². The molecule has 8 heteroatoms. The average molecular weight is 349 g/mol. The molecule has 2 N–H and O–H groups in total. The Kier molecular flexibility index (Phi) is 4.00. The van der Waals surface area contributed by atoms with Crippen molar-refractivity contribution in [3.8, 4) is 0 Å². The Labute approximate surface area is 117 Å². The predicted octanol–water partition coefficient (Wildman–Crippen LogP) is 2.20. The van der Waals surface area contributed by atoms with Gasteiger partial charge in [0.1, 0.15) is 10.0 Å². The standard InChI is InChI=1S/C10H9BrN2O3S2/c11-8-1-2-9(12-4-8)13-18(15,16)10-3-7(5-14)6-17-10/h1-4,6,14H,5H2,(H,12,13). The molecule has 0 bridgehead atoms. The van der Waals surface area contributed by atoms with Crippen LogP contribution in [-0.2, 0) is 16.6 Å². The van der Waals surface area contributed by atoms with Gasteiger partial charge in [-0.25, -0.2) is 13.4 Å². The number of halogens is 1. The molecule has 0 aliphatic heterocycles. The summed E-state index contributed by atoms with van der Waals surface area (Å²) in [5, 5.41) is 10.5. The largest absolute Gasteiger partial charge is 0.392 e. The Balaban J connectivity index is 2.24. The van der Waals surface area contributed by atoms with E-state index in [0.717, 1.165) is 15.8 Å². The second kappa shape index (κ2) is 5.35. The van der Waals surface area contributed by atoms with Gasteiger partial charge in [-0.15, -0.1) is 11.3 Å². The van der Waals surface area contributed by atoms with Crippen molar-refractivity contribution in [1.82, 2.24) is 4.98 Å². The lowest BCUT2D eigenvalue weighted by molar-refractivity contribution is 0.282. The maximum absolute atomic E-state index is 12.0. The second-order valence-electron chi connectivity index (χ2n) is 3.40. The maximum Gasteiger partial charge on any atom is 0.272 e. The molecule has 2 rings (SSSR count). The molecule has 0 aromatic carbocycles. The summed E-state index contributed by atoms with van der Waals surface area (Å²) in [6.45, 7) is -0.178. The zero-order chi connectivity index (χ0) is 13.2. The minimum atomic E-state index is -3.64. The third kappa shape index (κ3) is 3.08. The molecule has 0 fully saturated rings. The van der Waals surface area contributed by atoms with E-state index in [9.17, 15) is 8.42 Å². The first-order valence-corrected chi connectivity index (χ1v) is 7.99. The molecule has 0 aliphatic rings. The predicted molar refractivity (Wildman–Crippen MR) is 73.0 cm³/mol. The zero-order valence-electron chi connectivity index (χ0n) is 9.00. The van der Waals surface area contributed by atoms with Gasteiger partial charge in [0.15, 0.2) is 0 Å². The Morgan fingerprint density at radius 3 is 2.78 bits per heavy atom. The zero-order valence-corrected chi connectivity index (χ0v) is 12.2. The van der Waals surface area contributed by atoms with Crippen molar-refractivity contribution in [2.24, 2.45) is 0 Å². The summed E-state index contributed by atoms with van der Waals surface area (Å²) in [6.07, 6.45) is 1.51. The Hall–Kier alpha value is -0.960. The van der Waals surface area contributed by atoms with Gasteiger partial charge >= 0.3 is 0 Å². The van der Waals surface area contributed by atoms with Crippen LogP contribution in [0.5, 0.6) is 0 Å². The molecule has 96 valence electrons. The van der Waals surface area contributed by atoms with Gasteiger partial charge in [0.2, 0.25) is 0 Å². The molecule has 2 aromatic rings. The molecule has 0 spiro atoms. The number of nitrogens with one attached hydrogen (secondary N) is 1. The molecule has 0 aliphatic carbocycles. The van der Waals surface area contributed by atoms with Crippen LogP contribution < -0.4 is 4.72 Å². The number of aromatic nitrogens is 1. The van der Waals surface area contributed by atoms with Crippen LogP contribution in [0.2, 0.25) is 0 Å². The summed E-state index contributed by atoms with van der Waals surface area (Å²) in [4.78, 5) is 3.93. The highest BCUT2D eigenvalue weighted by Gasteiger charge is 2.17. The molecular weight excluding hydrogens is 340 g/mol. The molecule has 0 unspecified atom stereocenters. The number of rotatable bonds is 4. The third-order valence-electron chi connectivity index (χ3n) is 2.04. The van der Waals surface area contributed by atoms with Gasteiger partial charge in [0.05, 0.1) is 6.61 Å². The summed E-state index contributed by atoms with van der Waals surface area (Å²) in [5.74, 6) is 0.247. The Morgan fingerprint density at radius 1 is 1.44 bits per heavy atom. The van der Waals surface area contributed by atoms with E-state index in [2.05, 4.69) is 25.6 Å². The van der Waals surface area contributed by atoms with E-state index in [1.807, 2.05) is 0 Å². The lowest BCUT2D eigenvalue weighted by Crippen LogP contribution is -2.12. The lowest BCUT2D eigenvalue weighted by atomic mass is 10.4. The molecule has 0 amide bonds. The van der Waals surface area contributed by atoms with Crippen molar-refractivity contribution in [3.63, 3.8) is 0 Å². The van der Waals surface area contributed by atoms with Crippen LogP contribution in [0.15, 0.2) is 38.5 Å². The highest BCUT2D eigenvalue weighted by molar-refractivity contribution is 9.10. The molecule has 18 heavy (non-hydrogen) atoms. The molecule has 2 aromatic heterocycles. The monoisotopic (exact) mass is 348 g/mol. The van der Waals surface area contributed by atoms with Gasteiger partial charge in [0, 0.05) is 10.7 Å². The van der Waals surface area contributed by atoms with Crippen molar-refractivity contribution in [2.75, 3.05) is 4.72 Å². The highest BCUT2D eigenvalue weighted by Crippen LogP contribution is 2.22. The van der Waals surface area contributed by atoms with Gasteiger partial charge in [-0.2, -0.15) is 0 Å². The average Bonchev–Trinajstić information content (AvgIpc) is 2.81. The molecule has 0 saturated carbocycles. The van der Waals surface area contributed by atoms with E-state index in [0.29, 0.717) is 5.56 Å². The van der Waals surface area contributed by atoms with Crippen LogP contribution in [0.25, 0.3) is 0 Å². The molecule has 2 heterocycles. The van der Waals surface area contributed by atoms with Crippen LogP contribution in [0, 0.1) is 0 Å². The molecular formula is C10H9BrN2O3S2. The summed E-state index contributed by atoms with van der Waals surface area (Å²) in [7, 11) is -3.64.